The molecule has 0 rings (SSSR count). The highest BCUT2D eigenvalue weighted by Gasteiger charge is 2.33. The third kappa shape index (κ3) is 4.87. The standard InChI is InChI=1S/C9H20NO4PS/c1-5-9(3)16-15(12,14-6-2)10(7-11)8-13-4/h7,9H,5-6,8H2,1-4H3. The lowest BCUT2D eigenvalue weighted by atomic mass is 10.4. The van der Waals surface area contributed by atoms with Gasteiger partial charge in [-0.1, -0.05) is 13.8 Å². The molecule has 2 atom stereocenters. The van der Waals surface area contributed by atoms with Gasteiger partial charge in [0, 0.05) is 12.4 Å². The van der Waals surface area contributed by atoms with Gasteiger partial charge in [-0.05, 0) is 24.7 Å². The molecule has 0 aliphatic carbocycles. The largest absolute Gasteiger partial charge is 0.364 e. The zero-order valence-electron chi connectivity index (χ0n) is 10.2. The number of amides is 1. The van der Waals surface area contributed by atoms with Crippen molar-refractivity contribution in [3.8, 4) is 0 Å². The van der Waals surface area contributed by atoms with Crippen molar-refractivity contribution >= 4 is 24.5 Å². The van der Waals surface area contributed by atoms with Crippen LogP contribution in [-0.2, 0) is 18.6 Å². The van der Waals surface area contributed by atoms with Crippen LogP contribution in [0.5, 0.6) is 0 Å². The molecule has 2 unspecified atom stereocenters. The number of methoxy groups -OCH3 is 1. The van der Waals surface area contributed by atoms with E-state index in [9.17, 15) is 9.36 Å². The van der Waals surface area contributed by atoms with Crippen LogP contribution in [0.2, 0.25) is 0 Å². The average molecular weight is 269 g/mol. The summed E-state index contributed by atoms with van der Waals surface area (Å²) in [7, 11) is 1.45. The number of carbonyl (C=O) groups is 1. The molecule has 0 radical (unpaired) electrons. The van der Waals surface area contributed by atoms with Crippen LogP contribution in [0.3, 0.4) is 0 Å². The molecule has 0 fully saturated rings. The average Bonchev–Trinajstić information content (AvgIpc) is 2.25. The fourth-order valence-electron chi connectivity index (χ4n) is 0.921. The van der Waals surface area contributed by atoms with E-state index >= 15 is 0 Å². The lowest BCUT2D eigenvalue weighted by Gasteiger charge is -2.27. The van der Waals surface area contributed by atoms with Gasteiger partial charge in [0.1, 0.15) is 6.73 Å². The summed E-state index contributed by atoms with van der Waals surface area (Å²) in [6.45, 7) is 2.81. The van der Waals surface area contributed by atoms with E-state index < -0.39 is 6.72 Å². The molecule has 0 aromatic heterocycles. The predicted molar refractivity (Wildman–Crippen MR) is 66.4 cm³/mol. The first-order valence-electron chi connectivity index (χ1n) is 5.18. The van der Waals surface area contributed by atoms with Crippen molar-refractivity contribution in [3.05, 3.63) is 0 Å². The van der Waals surface area contributed by atoms with E-state index in [1.165, 1.54) is 18.5 Å². The molecule has 0 spiro atoms. The van der Waals surface area contributed by atoms with Crippen molar-refractivity contribution in [2.75, 3.05) is 20.4 Å². The molecule has 16 heavy (non-hydrogen) atoms. The van der Waals surface area contributed by atoms with Crippen molar-refractivity contribution in [1.82, 2.24) is 4.67 Å². The van der Waals surface area contributed by atoms with Crippen LogP contribution in [0.25, 0.3) is 0 Å². The Morgan fingerprint density at radius 1 is 1.50 bits per heavy atom. The first-order chi connectivity index (χ1) is 7.53. The van der Waals surface area contributed by atoms with E-state index in [1.807, 2.05) is 13.8 Å². The SMILES string of the molecule is CCOP(=O)(SC(C)CC)N(C=O)COC. The number of hydrogen-bond donors (Lipinski definition) is 0. The smallest absolute Gasteiger partial charge is 0.357 e. The highest BCUT2D eigenvalue weighted by Crippen LogP contribution is 2.63. The predicted octanol–water partition coefficient (Wildman–Crippen LogP) is 2.73. The molecular weight excluding hydrogens is 249 g/mol. The van der Waals surface area contributed by atoms with Crippen molar-refractivity contribution in [2.45, 2.75) is 32.4 Å². The zero-order valence-corrected chi connectivity index (χ0v) is 11.9. The van der Waals surface area contributed by atoms with Crippen LogP contribution in [0.4, 0.5) is 0 Å². The van der Waals surface area contributed by atoms with E-state index in [4.69, 9.17) is 9.26 Å². The summed E-state index contributed by atoms with van der Waals surface area (Å²) in [6, 6.07) is 0. The van der Waals surface area contributed by atoms with Crippen LogP contribution in [-0.4, -0.2) is 36.8 Å². The van der Waals surface area contributed by atoms with Gasteiger partial charge in [0.25, 0.3) is 0 Å². The molecule has 0 saturated carbocycles. The summed E-state index contributed by atoms with van der Waals surface area (Å²) in [4.78, 5) is 10.9. The molecule has 5 nitrogen and oxygen atoms in total. The van der Waals surface area contributed by atoms with Crippen LogP contribution in [0.15, 0.2) is 0 Å². The lowest BCUT2D eigenvalue weighted by molar-refractivity contribution is -0.117. The van der Waals surface area contributed by atoms with Crippen molar-refractivity contribution < 1.29 is 18.6 Å². The van der Waals surface area contributed by atoms with Gasteiger partial charge in [0.15, 0.2) is 0 Å². The minimum Gasteiger partial charge on any atom is -0.364 e. The van der Waals surface area contributed by atoms with E-state index in [2.05, 4.69) is 0 Å². The van der Waals surface area contributed by atoms with Gasteiger partial charge in [-0.25, -0.2) is 4.67 Å². The van der Waals surface area contributed by atoms with Crippen LogP contribution >= 0.6 is 18.1 Å². The number of nitrogens with zero attached hydrogens (tertiary/aromatic N) is 1. The van der Waals surface area contributed by atoms with Crippen molar-refractivity contribution in [2.24, 2.45) is 0 Å². The number of rotatable bonds is 9. The molecule has 0 aliphatic heterocycles. The fourth-order valence-corrected chi connectivity index (χ4v) is 5.48. The Balaban J connectivity index is 4.76. The second kappa shape index (κ2) is 8.12. The summed E-state index contributed by atoms with van der Waals surface area (Å²) in [5.41, 5.74) is 0. The van der Waals surface area contributed by atoms with Crippen LogP contribution in [0.1, 0.15) is 27.2 Å². The molecule has 96 valence electrons. The normalized spacial score (nSPS) is 16.5. The highest BCUT2D eigenvalue weighted by molar-refractivity contribution is 8.56. The second-order valence-electron chi connectivity index (χ2n) is 3.17. The quantitative estimate of drug-likeness (QED) is 0.366. The zero-order chi connectivity index (χ0) is 12.6. The minimum atomic E-state index is -3.16. The van der Waals surface area contributed by atoms with Crippen molar-refractivity contribution in [3.63, 3.8) is 0 Å². The Labute approximate surface area is 101 Å². The molecular formula is C9H20NO4PS. The maximum atomic E-state index is 12.5. The van der Waals surface area contributed by atoms with Crippen LogP contribution in [0, 0.1) is 0 Å². The molecule has 0 saturated heterocycles. The molecule has 7 heteroatoms. The first-order valence-corrected chi connectivity index (χ1v) is 8.24. The Morgan fingerprint density at radius 2 is 2.12 bits per heavy atom. The molecule has 0 bridgehead atoms. The first kappa shape index (κ1) is 16.0. The van der Waals surface area contributed by atoms with E-state index in [1.54, 1.807) is 6.92 Å². The number of hydrogen-bond acceptors (Lipinski definition) is 5. The molecule has 0 N–H and O–H groups in total. The molecule has 0 aliphatic rings. The Kier molecular flexibility index (Phi) is 8.10. The van der Waals surface area contributed by atoms with Gasteiger partial charge in [-0.15, -0.1) is 0 Å². The minimum absolute atomic E-state index is 0.0236. The van der Waals surface area contributed by atoms with Gasteiger partial charge in [-0.3, -0.25) is 9.36 Å². The number of carbonyl (C=O) groups excluding carboxylic acids is 1. The van der Waals surface area contributed by atoms with Gasteiger partial charge < -0.3 is 9.26 Å². The third-order valence-corrected chi connectivity index (χ3v) is 7.09. The summed E-state index contributed by atoms with van der Waals surface area (Å²) in [6.07, 6.45) is 1.37. The van der Waals surface area contributed by atoms with E-state index in [-0.39, 0.29) is 12.0 Å². The summed E-state index contributed by atoms with van der Waals surface area (Å²) in [5, 5.41) is 0.164. The fraction of sp³-hybridized carbons (Fsp3) is 0.889. The van der Waals surface area contributed by atoms with Gasteiger partial charge in [0.2, 0.25) is 6.41 Å². The Hall–Kier alpha value is -0.0300. The van der Waals surface area contributed by atoms with Gasteiger partial charge in [-0.2, -0.15) is 0 Å². The topological polar surface area (TPSA) is 55.8 Å². The second-order valence-corrected chi connectivity index (χ2v) is 7.91. The van der Waals surface area contributed by atoms with E-state index in [0.717, 1.165) is 11.1 Å². The Morgan fingerprint density at radius 3 is 2.50 bits per heavy atom. The molecule has 0 heterocycles. The molecule has 0 aromatic carbocycles. The molecule has 0 aromatic rings. The lowest BCUT2D eigenvalue weighted by Crippen LogP contribution is -2.22. The molecule has 1 amide bonds. The maximum Gasteiger partial charge on any atom is 0.357 e. The monoisotopic (exact) mass is 269 g/mol. The highest BCUT2D eigenvalue weighted by atomic mass is 32.7. The number of ether oxygens (including phenoxy) is 1. The van der Waals surface area contributed by atoms with E-state index in [0.29, 0.717) is 13.0 Å². The Bertz CT molecular complexity index is 252. The summed E-state index contributed by atoms with van der Waals surface area (Å²) >= 11 is 1.19. The summed E-state index contributed by atoms with van der Waals surface area (Å²) < 4.78 is 23.6. The maximum absolute atomic E-state index is 12.5. The summed E-state index contributed by atoms with van der Waals surface area (Å²) in [5.74, 6) is 0. The van der Waals surface area contributed by atoms with Crippen molar-refractivity contribution in [1.29, 1.82) is 0 Å². The van der Waals surface area contributed by atoms with Gasteiger partial charge in [0.05, 0.1) is 6.61 Å². The van der Waals surface area contributed by atoms with Crippen LogP contribution < -0.4 is 0 Å². The third-order valence-electron chi connectivity index (χ3n) is 1.88. The van der Waals surface area contributed by atoms with Gasteiger partial charge >= 0.3 is 6.72 Å².